The van der Waals surface area contributed by atoms with Crippen LogP contribution in [-0.2, 0) is 19.3 Å². The molecule has 0 fully saturated rings. The third-order valence-corrected chi connectivity index (χ3v) is 1.45. The summed E-state index contributed by atoms with van der Waals surface area (Å²) in [6, 6.07) is 0. The van der Waals surface area contributed by atoms with Gasteiger partial charge in [-0.05, 0) is 6.92 Å². The molecule has 0 saturated heterocycles. The van der Waals surface area contributed by atoms with Crippen LogP contribution in [0.25, 0.3) is 0 Å². The van der Waals surface area contributed by atoms with Crippen molar-refractivity contribution in [1.82, 2.24) is 0 Å². The van der Waals surface area contributed by atoms with E-state index in [2.05, 4.69) is 10.8 Å². The van der Waals surface area contributed by atoms with Crippen molar-refractivity contribution in [3.05, 3.63) is 12.7 Å². The summed E-state index contributed by atoms with van der Waals surface area (Å²) in [6.07, 6.45) is 0.833. The summed E-state index contributed by atoms with van der Waals surface area (Å²) in [4.78, 5) is 0. The molecule has 0 heterocycles. The second-order valence-electron chi connectivity index (χ2n) is 2.16. The molecule has 0 aliphatic rings. The molecule has 0 amide bonds. The van der Waals surface area contributed by atoms with Crippen LogP contribution in [0.1, 0.15) is 6.92 Å². The Kier molecular flexibility index (Phi) is 5.07. The van der Waals surface area contributed by atoms with Gasteiger partial charge in [-0.1, -0.05) is 6.08 Å². The van der Waals surface area contributed by atoms with E-state index in [1.165, 1.54) is 13.0 Å². The lowest BCUT2D eigenvalue weighted by atomic mass is 10.4. The minimum absolute atomic E-state index is 0.0891. The highest BCUT2D eigenvalue weighted by molar-refractivity contribution is 7.80. The van der Waals surface area contributed by atoms with Crippen molar-refractivity contribution < 1.29 is 21.9 Å². The molecule has 0 aliphatic carbocycles. The molecule has 0 aromatic rings. The van der Waals surface area contributed by atoms with Crippen LogP contribution in [0.2, 0.25) is 0 Å². The summed E-state index contributed by atoms with van der Waals surface area (Å²) < 4.78 is 37.5. The number of hydrogen-bond acceptors (Lipinski definition) is 4. The molecule has 0 aromatic carbocycles. The van der Waals surface area contributed by atoms with E-state index in [0.29, 0.717) is 6.61 Å². The predicted octanol–water partition coefficient (Wildman–Crippen LogP) is 0.397. The van der Waals surface area contributed by atoms with Gasteiger partial charge < -0.3 is 4.74 Å². The molecule has 1 unspecified atom stereocenters. The van der Waals surface area contributed by atoms with E-state index in [0.717, 1.165) is 0 Å². The summed E-state index contributed by atoms with van der Waals surface area (Å²) in [6.45, 7) is 5.28. The topological polar surface area (TPSA) is 72.8 Å². The molecule has 72 valence electrons. The highest BCUT2D eigenvalue weighted by atomic mass is 32.3. The Balaban J connectivity index is 3.60. The molecular weight excluding hydrogens is 184 g/mol. The van der Waals surface area contributed by atoms with Gasteiger partial charge in [0.05, 0.1) is 19.3 Å². The summed E-state index contributed by atoms with van der Waals surface area (Å²) in [5.74, 6) is 0. The molecule has 1 atom stereocenters. The third-order valence-electron chi connectivity index (χ3n) is 0.874. The highest BCUT2D eigenvalue weighted by Gasteiger charge is 2.11. The van der Waals surface area contributed by atoms with Gasteiger partial charge in [0.15, 0.2) is 0 Å². The maximum atomic E-state index is 10.1. The smallest absolute Gasteiger partial charge is 0.375 e. The molecule has 0 aliphatic heterocycles. The van der Waals surface area contributed by atoms with E-state index >= 15 is 0 Å². The monoisotopic (exact) mass is 196 g/mol. The Bertz CT molecular complexity index is 220. The second-order valence-corrected chi connectivity index (χ2v) is 3.21. The van der Waals surface area contributed by atoms with Crippen molar-refractivity contribution >= 4 is 10.4 Å². The van der Waals surface area contributed by atoms with Crippen LogP contribution < -0.4 is 0 Å². The largest absolute Gasteiger partial charge is 0.397 e. The fraction of sp³-hybridized carbons (Fsp3) is 0.667. The van der Waals surface area contributed by atoms with Crippen molar-refractivity contribution in [2.45, 2.75) is 13.0 Å². The molecule has 12 heavy (non-hydrogen) atoms. The third kappa shape index (κ3) is 7.67. The first-order valence-corrected chi connectivity index (χ1v) is 4.66. The van der Waals surface area contributed by atoms with E-state index in [9.17, 15) is 8.42 Å². The highest BCUT2D eigenvalue weighted by Crippen LogP contribution is 1.96. The Morgan fingerprint density at radius 2 is 2.25 bits per heavy atom. The lowest BCUT2D eigenvalue weighted by Gasteiger charge is -2.08. The Morgan fingerprint density at radius 3 is 2.67 bits per heavy atom. The number of ether oxygens (including phenoxy) is 1. The first-order valence-electron chi connectivity index (χ1n) is 3.30. The van der Waals surface area contributed by atoms with Gasteiger partial charge in [-0.2, -0.15) is 8.42 Å². The molecule has 0 rings (SSSR count). The fourth-order valence-corrected chi connectivity index (χ4v) is 1.02. The van der Waals surface area contributed by atoms with E-state index < -0.39 is 16.5 Å². The van der Waals surface area contributed by atoms with Crippen LogP contribution in [0, 0.1) is 0 Å². The molecule has 1 N–H and O–H groups in total. The van der Waals surface area contributed by atoms with Crippen molar-refractivity contribution in [2.75, 3.05) is 13.2 Å². The molecule has 0 saturated carbocycles. The van der Waals surface area contributed by atoms with Crippen LogP contribution in [0.3, 0.4) is 0 Å². The van der Waals surface area contributed by atoms with Crippen molar-refractivity contribution in [1.29, 1.82) is 0 Å². The molecule has 0 bridgehead atoms. The number of hydrogen-bond donors (Lipinski definition) is 1. The van der Waals surface area contributed by atoms with Crippen LogP contribution >= 0.6 is 0 Å². The minimum Gasteiger partial charge on any atom is -0.375 e. The summed E-state index contributed by atoms with van der Waals surface area (Å²) >= 11 is 0. The van der Waals surface area contributed by atoms with Gasteiger partial charge in [-0.15, -0.1) is 6.58 Å². The SMILES string of the molecule is C=CCOCC(C)OS(=O)(=O)O. The van der Waals surface area contributed by atoms with Gasteiger partial charge in [-0.25, -0.2) is 4.18 Å². The Morgan fingerprint density at radius 1 is 1.67 bits per heavy atom. The van der Waals surface area contributed by atoms with Crippen LogP contribution in [0.4, 0.5) is 0 Å². The fourth-order valence-electron chi connectivity index (χ4n) is 0.553. The van der Waals surface area contributed by atoms with Gasteiger partial charge in [0.25, 0.3) is 0 Å². The average molecular weight is 196 g/mol. The van der Waals surface area contributed by atoms with Gasteiger partial charge >= 0.3 is 10.4 Å². The zero-order valence-electron chi connectivity index (χ0n) is 6.76. The van der Waals surface area contributed by atoms with Crippen LogP contribution in [-0.4, -0.2) is 32.3 Å². The van der Waals surface area contributed by atoms with Gasteiger partial charge in [0.1, 0.15) is 0 Å². The van der Waals surface area contributed by atoms with E-state index in [4.69, 9.17) is 9.29 Å². The maximum Gasteiger partial charge on any atom is 0.397 e. The minimum atomic E-state index is -4.37. The molecule has 0 spiro atoms. The first kappa shape index (κ1) is 11.6. The zero-order valence-corrected chi connectivity index (χ0v) is 7.58. The first-order chi connectivity index (χ1) is 5.45. The summed E-state index contributed by atoms with van der Waals surface area (Å²) in [5.41, 5.74) is 0. The maximum absolute atomic E-state index is 10.1. The zero-order chi connectivity index (χ0) is 9.61. The summed E-state index contributed by atoms with van der Waals surface area (Å²) in [7, 11) is -4.37. The van der Waals surface area contributed by atoms with E-state index in [1.54, 1.807) is 0 Å². The van der Waals surface area contributed by atoms with Crippen molar-refractivity contribution in [2.24, 2.45) is 0 Å². The van der Waals surface area contributed by atoms with Crippen LogP contribution in [0.5, 0.6) is 0 Å². The summed E-state index contributed by atoms with van der Waals surface area (Å²) in [5, 5.41) is 0. The van der Waals surface area contributed by atoms with Crippen molar-refractivity contribution in [3.63, 3.8) is 0 Å². The standard InChI is InChI=1S/C6H12O5S/c1-3-4-10-5-6(2)11-12(7,8)9/h3,6H,1,4-5H2,2H3,(H,7,8,9). The number of rotatable bonds is 6. The molecule has 0 aromatic heterocycles. The molecule has 5 nitrogen and oxygen atoms in total. The Hall–Kier alpha value is -0.430. The van der Waals surface area contributed by atoms with E-state index in [1.807, 2.05) is 0 Å². The van der Waals surface area contributed by atoms with Gasteiger partial charge in [0.2, 0.25) is 0 Å². The quantitative estimate of drug-likeness (QED) is 0.378. The van der Waals surface area contributed by atoms with Gasteiger partial charge in [0, 0.05) is 0 Å². The average Bonchev–Trinajstić information content (AvgIpc) is 1.84. The Labute approximate surface area is 71.9 Å². The lowest BCUT2D eigenvalue weighted by Crippen LogP contribution is -2.20. The molecule has 6 heteroatoms. The molecular formula is C6H12O5S. The second kappa shape index (κ2) is 5.26. The predicted molar refractivity (Wildman–Crippen MR) is 43.1 cm³/mol. The van der Waals surface area contributed by atoms with Crippen molar-refractivity contribution in [3.8, 4) is 0 Å². The van der Waals surface area contributed by atoms with Crippen LogP contribution in [0.15, 0.2) is 12.7 Å². The molecule has 0 radical (unpaired) electrons. The van der Waals surface area contributed by atoms with E-state index in [-0.39, 0.29) is 6.61 Å². The normalized spacial score (nSPS) is 14.2. The lowest BCUT2D eigenvalue weighted by molar-refractivity contribution is 0.0701. The van der Waals surface area contributed by atoms with Gasteiger partial charge in [-0.3, -0.25) is 4.55 Å².